The maximum atomic E-state index is 12.2. The van der Waals surface area contributed by atoms with Crippen LogP contribution in [0.5, 0.6) is 5.75 Å². The summed E-state index contributed by atoms with van der Waals surface area (Å²) in [6.07, 6.45) is 2.21. The third-order valence-corrected chi connectivity index (χ3v) is 4.43. The van der Waals surface area contributed by atoms with Gasteiger partial charge in [0.25, 0.3) is 0 Å². The van der Waals surface area contributed by atoms with Gasteiger partial charge in [0.1, 0.15) is 5.75 Å². The van der Waals surface area contributed by atoms with Gasteiger partial charge in [0.15, 0.2) is 5.96 Å². The van der Waals surface area contributed by atoms with Crippen molar-refractivity contribution in [2.45, 2.75) is 26.0 Å². The Morgan fingerprint density at radius 2 is 1.96 bits per heavy atom. The Kier molecular flexibility index (Phi) is 9.27. The monoisotopic (exact) mass is 384 g/mol. The van der Waals surface area contributed by atoms with E-state index in [1.165, 1.54) is 0 Å². The number of halogens is 2. The van der Waals surface area contributed by atoms with Crippen LogP contribution in [0.4, 0.5) is 8.78 Å². The number of aliphatic imine (C=N–C) groups is 1. The molecule has 1 heterocycles. The number of morpholine rings is 1. The Balaban J connectivity index is 1.67. The Labute approximate surface area is 160 Å². The lowest BCUT2D eigenvalue weighted by Gasteiger charge is -2.26. The third kappa shape index (κ3) is 8.09. The second-order valence-corrected chi connectivity index (χ2v) is 6.51. The molecule has 0 radical (unpaired) electrons. The van der Waals surface area contributed by atoms with Crippen LogP contribution in [-0.2, 0) is 11.3 Å². The molecule has 0 aliphatic carbocycles. The molecule has 0 unspecified atom stereocenters. The summed E-state index contributed by atoms with van der Waals surface area (Å²) in [4.78, 5) is 8.75. The summed E-state index contributed by atoms with van der Waals surface area (Å²) in [5, 5.41) is 3.37. The molecule has 0 spiro atoms. The van der Waals surface area contributed by atoms with Crippen molar-refractivity contribution in [3.05, 3.63) is 29.8 Å². The Morgan fingerprint density at radius 1 is 1.26 bits per heavy atom. The fourth-order valence-electron chi connectivity index (χ4n) is 3.00. The molecule has 1 aliphatic heterocycles. The molecule has 27 heavy (non-hydrogen) atoms. The number of alkyl halides is 2. The van der Waals surface area contributed by atoms with Gasteiger partial charge in [-0.05, 0) is 37.1 Å². The quantitative estimate of drug-likeness (QED) is 0.403. The number of unbranched alkanes of at least 4 members (excludes halogenated alkanes) is 1. The standard InChI is InChI=1S/C19H30F2N4O2/c1-22-19(23-9-3-4-10-25-11-13-26-14-12-25)24(2)15-16-5-7-17(8-6-16)27-18(20)21/h5-8,18H,3-4,9-15H2,1-2H3,(H,22,23). The topological polar surface area (TPSA) is 49.3 Å². The van der Waals surface area contributed by atoms with Crippen LogP contribution < -0.4 is 10.1 Å². The Bertz CT molecular complexity index is 563. The minimum Gasteiger partial charge on any atom is -0.435 e. The van der Waals surface area contributed by atoms with E-state index in [1.54, 1.807) is 31.3 Å². The smallest absolute Gasteiger partial charge is 0.387 e. The SMILES string of the molecule is CN=C(NCCCCN1CCOCC1)N(C)Cc1ccc(OC(F)F)cc1. The fourth-order valence-corrected chi connectivity index (χ4v) is 3.00. The number of guanidine groups is 1. The van der Waals surface area contributed by atoms with Crippen molar-refractivity contribution in [2.75, 3.05) is 53.5 Å². The van der Waals surface area contributed by atoms with Crippen molar-refractivity contribution in [2.24, 2.45) is 4.99 Å². The number of hydrogen-bond donors (Lipinski definition) is 1. The van der Waals surface area contributed by atoms with E-state index in [4.69, 9.17) is 4.74 Å². The lowest BCUT2D eigenvalue weighted by atomic mass is 10.2. The average Bonchev–Trinajstić information content (AvgIpc) is 2.66. The zero-order chi connectivity index (χ0) is 19.5. The lowest BCUT2D eigenvalue weighted by Crippen LogP contribution is -2.39. The van der Waals surface area contributed by atoms with E-state index in [2.05, 4.69) is 19.9 Å². The van der Waals surface area contributed by atoms with Crippen molar-refractivity contribution in [1.29, 1.82) is 0 Å². The summed E-state index contributed by atoms with van der Waals surface area (Å²) in [5.74, 6) is 0.980. The first-order chi connectivity index (χ1) is 13.1. The van der Waals surface area contributed by atoms with Gasteiger partial charge in [0.05, 0.1) is 13.2 Å². The highest BCUT2D eigenvalue weighted by Crippen LogP contribution is 2.15. The first-order valence-electron chi connectivity index (χ1n) is 9.34. The Morgan fingerprint density at radius 3 is 2.59 bits per heavy atom. The summed E-state index contributed by atoms with van der Waals surface area (Å²) >= 11 is 0. The number of nitrogens with one attached hydrogen (secondary N) is 1. The van der Waals surface area contributed by atoms with Gasteiger partial charge in [0, 0.05) is 40.3 Å². The molecule has 6 nitrogen and oxygen atoms in total. The minimum atomic E-state index is -2.80. The van der Waals surface area contributed by atoms with Crippen molar-refractivity contribution in [1.82, 2.24) is 15.1 Å². The van der Waals surface area contributed by atoms with Crippen LogP contribution in [0.1, 0.15) is 18.4 Å². The molecule has 1 aromatic rings. The molecule has 0 saturated carbocycles. The van der Waals surface area contributed by atoms with Gasteiger partial charge >= 0.3 is 6.61 Å². The van der Waals surface area contributed by atoms with Crippen LogP contribution in [0, 0.1) is 0 Å². The van der Waals surface area contributed by atoms with Crippen LogP contribution in [-0.4, -0.2) is 75.9 Å². The van der Waals surface area contributed by atoms with Gasteiger partial charge < -0.3 is 19.7 Å². The Hall–Kier alpha value is -1.93. The van der Waals surface area contributed by atoms with Crippen molar-refractivity contribution in [3.63, 3.8) is 0 Å². The molecular weight excluding hydrogens is 354 g/mol. The van der Waals surface area contributed by atoms with Crippen LogP contribution in [0.2, 0.25) is 0 Å². The van der Waals surface area contributed by atoms with Gasteiger partial charge in [0.2, 0.25) is 0 Å². The highest BCUT2D eigenvalue weighted by molar-refractivity contribution is 5.79. The van der Waals surface area contributed by atoms with E-state index in [1.807, 2.05) is 11.9 Å². The van der Waals surface area contributed by atoms with Crippen LogP contribution in [0.25, 0.3) is 0 Å². The van der Waals surface area contributed by atoms with Crippen molar-refractivity contribution >= 4 is 5.96 Å². The van der Waals surface area contributed by atoms with E-state index >= 15 is 0 Å². The third-order valence-electron chi connectivity index (χ3n) is 4.43. The number of ether oxygens (including phenoxy) is 2. The summed E-state index contributed by atoms with van der Waals surface area (Å²) in [6, 6.07) is 6.67. The van der Waals surface area contributed by atoms with E-state index < -0.39 is 6.61 Å². The van der Waals surface area contributed by atoms with Crippen LogP contribution in [0.15, 0.2) is 29.3 Å². The number of nitrogens with zero attached hydrogens (tertiary/aromatic N) is 3. The first-order valence-corrected chi connectivity index (χ1v) is 9.34. The van der Waals surface area contributed by atoms with E-state index in [-0.39, 0.29) is 5.75 Å². The van der Waals surface area contributed by atoms with Gasteiger partial charge in [-0.1, -0.05) is 12.1 Å². The number of benzene rings is 1. The predicted molar refractivity (Wildman–Crippen MR) is 102 cm³/mol. The van der Waals surface area contributed by atoms with Crippen LogP contribution >= 0.6 is 0 Å². The van der Waals surface area contributed by atoms with Crippen molar-refractivity contribution < 1.29 is 18.3 Å². The zero-order valence-corrected chi connectivity index (χ0v) is 16.2. The largest absolute Gasteiger partial charge is 0.435 e. The molecule has 1 saturated heterocycles. The molecule has 8 heteroatoms. The summed E-state index contributed by atoms with van der Waals surface area (Å²) < 4.78 is 34.1. The van der Waals surface area contributed by atoms with Gasteiger partial charge in [-0.15, -0.1) is 0 Å². The van der Waals surface area contributed by atoms with E-state index in [0.717, 1.165) is 63.8 Å². The summed E-state index contributed by atoms with van der Waals surface area (Å²) in [6.45, 7) is 3.52. The molecule has 0 aromatic heterocycles. The second-order valence-electron chi connectivity index (χ2n) is 6.51. The summed E-state index contributed by atoms with van der Waals surface area (Å²) in [7, 11) is 3.71. The van der Waals surface area contributed by atoms with Crippen LogP contribution in [0.3, 0.4) is 0 Å². The number of rotatable bonds is 9. The lowest BCUT2D eigenvalue weighted by molar-refractivity contribution is -0.0498. The maximum Gasteiger partial charge on any atom is 0.387 e. The molecule has 152 valence electrons. The predicted octanol–water partition coefficient (Wildman–Crippen LogP) is 2.41. The molecular formula is C19H30F2N4O2. The highest BCUT2D eigenvalue weighted by atomic mass is 19.3. The molecule has 0 atom stereocenters. The van der Waals surface area contributed by atoms with Gasteiger partial charge in [-0.2, -0.15) is 8.78 Å². The van der Waals surface area contributed by atoms with E-state index in [9.17, 15) is 8.78 Å². The normalized spacial score (nSPS) is 15.8. The number of hydrogen-bond acceptors (Lipinski definition) is 4. The van der Waals surface area contributed by atoms with Gasteiger partial charge in [-0.25, -0.2) is 0 Å². The zero-order valence-electron chi connectivity index (χ0n) is 16.2. The molecule has 1 N–H and O–H groups in total. The van der Waals surface area contributed by atoms with Crippen molar-refractivity contribution in [3.8, 4) is 5.75 Å². The molecule has 1 aliphatic rings. The first kappa shape index (κ1) is 21.4. The average molecular weight is 384 g/mol. The fraction of sp³-hybridized carbons (Fsp3) is 0.632. The van der Waals surface area contributed by atoms with Gasteiger partial charge in [-0.3, -0.25) is 9.89 Å². The molecule has 2 rings (SSSR count). The molecule has 0 bridgehead atoms. The minimum absolute atomic E-state index is 0.166. The highest BCUT2D eigenvalue weighted by Gasteiger charge is 2.10. The molecule has 1 fully saturated rings. The summed E-state index contributed by atoms with van der Waals surface area (Å²) in [5.41, 5.74) is 0.995. The van der Waals surface area contributed by atoms with E-state index in [0.29, 0.717) is 6.54 Å². The maximum absolute atomic E-state index is 12.2. The molecule has 1 aromatic carbocycles. The molecule has 0 amide bonds. The second kappa shape index (κ2) is 11.7.